The lowest BCUT2D eigenvalue weighted by Gasteiger charge is -2.20. The minimum atomic E-state index is -0.162. The number of nitrogens with zero attached hydrogens (tertiary/aromatic N) is 3. The topological polar surface area (TPSA) is 57.7 Å². The van der Waals surface area contributed by atoms with Gasteiger partial charge in [0.2, 0.25) is 0 Å². The number of fused-ring (bicyclic) bond motifs is 1. The fourth-order valence-corrected chi connectivity index (χ4v) is 5.63. The molecule has 5 rings (SSSR count). The number of likely N-dealkylation sites (N-methyl/N-ethyl adjacent to an activating group) is 1. The van der Waals surface area contributed by atoms with Gasteiger partial charge in [-0.3, -0.25) is 15.0 Å². The summed E-state index contributed by atoms with van der Waals surface area (Å²) in [4.78, 5) is 22.4. The van der Waals surface area contributed by atoms with E-state index in [9.17, 15) is 4.79 Å². The molecule has 3 aromatic carbocycles. The lowest BCUT2D eigenvalue weighted by molar-refractivity contribution is 0.102. The maximum absolute atomic E-state index is 13.0. The van der Waals surface area contributed by atoms with Gasteiger partial charge in [0.1, 0.15) is 11.3 Å². The van der Waals surface area contributed by atoms with Crippen molar-refractivity contribution in [1.82, 2.24) is 14.8 Å². The van der Waals surface area contributed by atoms with Gasteiger partial charge in [-0.15, -0.1) is 0 Å². The first-order valence-electron chi connectivity index (χ1n) is 11.8. The van der Waals surface area contributed by atoms with Crippen LogP contribution in [0.4, 0.5) is 5.13 Å². The molecular weight excluding hydrogens is 456 g/mol. The summed E-state index contributed by atoms with van der Waals surface area (Å²) in [6, 6.07) is 22.7. The molecule has 0 spiro atoms. The van der Waals surface area contributed by atoms with Crippen LogP contribution in [0.5, 0.6) is 5.75 Å². The lowest BCUT2D eigenvalue weighted by atomic mass is 10.1. The van der Waals surface area contributed by atoms with Crippen LogP contribution in [0.1, 0.15) is 22.3 Å². The Hall–Kier alpha value is -3.26. The molecule has 1 amide bonds. The number of methoxy groups -OCH3 is 1. The number of amides is 1. The molecule has 0 bridgehead atoms. The second kappa shape index (κ2) is 10.2. The van der Waals surface area contributed by atoms with E-state index in [1.54, 1.807) is 7.11 Å². The van der Waals surface area contributed by atoms with Crippen LogP contribution in [0.15, 0.2) is 66.7 Å². The molecule has 1 aliphatic heterocycles. The maximum Gasteiger partial charge on any atom is 0.257 e. The fraction of sp³-hybridized carbons (Fsp3) is 0.286. The molecule has 0 aliphatic carbocycles. The summed E-state index contributed by atoms with van der Waals surface area (Å²) in [7, 11) is 5.93. The van der Waals surface area contributed by atoms with Crippen LogP contribution in [-0.4, -0.2) is 61.0 Å². The Morgan fingerprint density at radius 3 is 2.57 bits per heavy atom. The summed E-state index contributed by atoms with van der Waals surface area (Å²) < 4.78 is 6.52. The molecule has 0 unspecified atom stereocenters. The summed E-state index contributed by atoms with van der Waals surface area (Å²) in [6.07, 6.45) is 1.20. The van der Waals surface area contributed by atoms with Crippen molar-refractivity contribution in [1.29, 1.82) is 0 Å². The number of thiazole rings is 1. The van der Waals surface area contributed by atoms with E-state index in [-0.39, 0.29) is 5.91 Å². The van der Waals surface area contributed by atoms with Gasteiger partial charge in [0, 0.05) is 36.8 Å². The number of hydrogen-bond acceptors (Lipinski definition) is 6. The Kier molecular flexibility index (Phi) is 6.81. The van der Waals surface area contributed by atoms with Crippen LogP contribution in [0.25, 0.3) is 21.3 Å². The third-order valence-electron chi connectivity index (χ3n) is 6.63. The normalized spacial score (nSPS) is 16.2. The van der Waals surface area contributed by atoms with Gasteiger partial charge in [-0.05, 0) is 55.9 Å². The highest BCUT2D eigenvalue weighted by Crippen LogP contribution is 2.39. The molecule has 7 heteroatoms. The predicted molar refractivity (Wildman–Crippen MR) is 143 cm³/mol. The van der Waals surface area contributed by atoms with Crippen molar-refractivity contribution in [3.8, 4) is 16.9 Å². The first-order valence-corrected chi connectivity index (χ1v) is 12.7. The smallest absolute Gasteiger partial charge is 0.257 e. The van der Waals surface area contributed by atoms with E-state index in [4.69, 9.17) is 9.72 Å². The molecular formula is C28H30N4O2S. The van der Waals surface area contributed by atoms with Crippen LogP contribution in [0, 0.1) is 0 Å². The number of benzene rings is 3. The van der Waals surface area contributed by atoms with Gasteiger partial charge < -0.3 is 9.64 Å². The number of carbonyl (C=O) groups excluding carboxylic acids is 1. The molecule has 1 saturated heterocycles. The molecule has 1 fully saturated rings. The third kappa shape index (κ3) is 5.07. The van der Waals surface area contributed by atoms with E-state index in [0.29, 0.717) is 22.5 Å². The number of likely N-dealkylation sites (tertiary alicyclic amines) is 1. The van der Waals surface area contributed by atoms with E-state index in [0.717, 1.165) is 41.0 Å². The molecule has 1 N–H and O–H groups in total. The molecule has 0 radical (unpaired) electrons. The monoisotopic (exact) mass is 486 g/mol. The van der Waals surface area contributed by atoms with Gasteiger partial charge >= 0.3 is 0 Å². The number of aromatic nitrogens is 1. The summed E-state index contributed by atoms with van der Waals surface area (Å²) in [5.74, 6) is 0.531. The fourth-order valence-electron chi connectivity index (χ4n) is 4.61. The number of nitrogens with one attached hydrogen (secondary N) is 1. The van der Waals surface area contributed by atoms with E-state index in [1.165, 1.54) is 23.3 Å². The highest BCUT2D eigenvalue weighted by atomic mass is 32.1. The van der Waals surface area contributed by atoms with E-state index in [1.807, 2.05) is 54.6 Å². The highest BCUT2D eigenvalue weighted by molar-refractivity contribution is 7.23. The number of anilines is 1. The van der Waals surface area contributed by atoms with Gasteiger partial charge in [-0.2, -0.15) is 0 Å². The second-order valence-electron chi connectivity index (χ2n) is 9.17. The van der Waals surface area contributed by atoms with Gasteiger partial charge in [0.15, 0.2) is 5.13 Å². The molecule has 0 saturated carbocycles. The Bertz CT molecular complexity index is 1320. The van der Waals surface area contributed by atoms with E-state index in [2.05, 4.69) is 41.3 Å². The first kappa shape index (κ1) is 23.5. The van der Waals surface area contributed by atoms with Crippen molar-refractivity contribution in [3.63, 3.8) is 0 Å². The summed E-state index contributed by atoms with van der Waals surface area (Å²) in [6.45, 7) is 3.10. The minimum Gasteiger partial charge on any atom is -0.494 e. The van der Waals surface area contributed by atoms with Crippen LogP contribution < -0.4 is 10.1 Å². The van der Waals surface area contributed by atoms with E-state index < -0.39 is 0 Å². The number of rotatable bonds is 7. The van der Waals surface area contributed by atoms with Crippen LogP contribution >= 0.6 is 11.3 Å². The zero-order valence-electron chi connectivity index (χ0n) is 20.3. The number of carbonyl (C=O) groups is 1. The molecule has 4 aromatic rings. The summed E-state index contributed by atoms with van der Waals surface area (Å²) in [5, 5.41) is 3.54. The average Bonchev–Trinajstić information content (AvgIpc) is 3.51. The Morgan fingerprint density at radius 1 is 1.11 bits per heavy atom. The standard InChI is InChI=1S/C28H30N4O2S/c1-31(2)22-15-16-32(18-22)17-19-9-11-21(12-10-19)27(33)30-28-29-25-24(34-3)14-13-23(26(25)35-28)20-7-5-4-6-8-20/h4-14,22H,15-18H2,1-3H3,(H,29,30,33)/t22-/m1/s1. The van der Waals surface area contributed by atoms with Crippen LogP contribution in [0.3, 0.4) is 0 Å². The zero-order chi connectivity index (χ0) is 24.4. The van der Waals surface area contributed by atoms with Gasteiger partial charge in [-0.1, -0.05) is 53.8 Å². The molecule has 6 nitrogen and oxygen atoms in total. The third-order valence-corrected chi connectivity index (χ3v) is 7.64. The molecule has 35 heavy (non-hydrogen) atoms. The Balaban J connectivity index is 1.31. The van der Waals surface area contributed by atoms with Crippen LogP contribution in [0.2, 0.25) is 0 Å². The molecule has 180 valence electrons. The molecule has 1 atom stereocenters. The Morgan fingerprint density at radius 2 is 1.89 bits per heavy atom. The zero-order valence-corrected chi connectivity index (χ0v) is 21.1. The Labute approximate surface area is 210 Å². The lowest BCUT2D eigenvalue weighted by Crippen LogP contribution is -2.31. The number of ether oxygens (including phenoxy) is 1. The van der Waals surface area contributed by atoms with Gasteiger partial charge in [0.25, 0.3) is 5.91 Å². The SMILES string of the molecule is COc1ccc(-c2ccccc2)c2sc(NC(=O)c3ccc(CN4CC[C@@H](N(C)C)C4)cc3)nc12. The van der Waals surface area contributed by atoms with Crippen molar-refractivity contribution in [3.05, 3.63) is 77.9 Å². The van der Waals surface area contributed by atoms with Gasteiger partial charge in [-0.25, -0.2) is 4.98 Å². The molecule has 1 aromatic heterocycles. The quantitative estimate of drug-likeness (QED) is 0.381. The van der Waals surface area contributed by atoms with Crippen molar-refractivity contribution >= 4 is 32.6 Å². The van der Waals surface area contributed by atoms with E-state index >= 15 is 0 Å². The highest BCUT2D eigenvalue weighted by Gasteiger charge is 2.23. The van der Waals surface area contributed by atoms with Gasteiger partial charge in [0.05, 0.1) is 11.8 Å². The van der Waals surface area contributed by atoms with Crippen LogP contribution in [-0.2, 0) is 6.54 Å². The first-order chi connectivity index (χ1) is 17.0. The predicted octanol–water partition coefficient (Wildman–Crippen LogP) is 5.36. The molecule has 1 aliphatic rings. The molecule has 2 heterocycles. The summed E-state index contributed by atoms with van der Waals surface area (Å²) in [5.41, 5.74) is 4.77. The van der Waals surface area contributed by atoms with Crippen molar-refractivity contribution in [2.24, 2.45) is 0 Å². The largest absolute Gasteiger partial charge is 0.494 e. The minimum absolute atomic E-state index is 0.162. The number of hydrogen-bond donors (Lipinski definition) is 1. The second-order valence-corrected chi connectivity index (χ2v) is 10.2. The van der Waals surface area contributed by atoms with Crippen molar-refractivity contribution < 1.29 is 9.53 Å². The van der Waals surface area contributed by atoms with Crippen molar-refractivity contribution in [2.75, 3.05) is 39.6 Å². The maximum atomic E-state index is 13.0. The average molecular weight is 487 g/mol. The summed E-state index contributed by atoms with van der Waals surface area (Å²) >= 11 is 1.46. The van der Waals surface area contributed by atoms with Crippen molar-refractivity contribution in [2.45, 2.75) is 19.0 Å².